The highest BCUT2D eigenvalue weighted by molar-refractivity contribution is 5.89. The zero-order valence-corrected chi connectivity index (χ0v) is 16.4. The predicted molar refractivity (Wildman–Crippen MR) is 110 cm³/mol. The fourth-order valence-corrected chi connectivity index (χ4v) is 3.00. The van der Waals surface area contributed by atoms with Crippen LogP contribution >= 0.6 is 0 Å². The molecule has 28 heavy (non-hydrogen) atoms. The van der Waals surface area contributed by atoms with Gasteiger partial charge in [-0.3, -0.25) is 9.78 Å². The number of benzene rings is 2. The number of aromatic nitrogens is 2. The fraction of sp³-hybridized carbons (Fsp3) is 0.318. The van der Waals surface area contributed by atoms with Crippen molar-refractivity contribution < 1.29 is 9.53 Å². The average Bonchev–Trinajstić information content (AvgIpc) is 2.61. The minimum absolute atomic E-state index is 0.125. The number of carbonyl (C=O) groups excluding carboxylic acids is 1. The molecule has 146 valence electrons. The third kappa shape index (κ3) is 4.97. The second-order valence-electron chi connectivity index (χ2n) is 7.86. The molecule has 0 atom stereocenters. The summed E-state index contributed by atoms with van der Waals surface area (Å²) in [6.45, 7) is 5.56. The number of fused-ring (bicyclic) bond motifs is 1. The van der Waals surface area contributed by atoms with Crippen molar-refractivity contribution in [1.29, 1.82) is 0 Å². The van der Waals surface area contributed by atoms with E-state index in [0.717, 1.165) is 30.4 Å². The number of hydrogen-bond donors (Lipinski definition) is 2. The summed E-state index contributed by atoms with van der Waals surface area (Å²) in [6, 6.07) is 13.2. The van der Waals surface area contributed by atoms with Crippen LogP contribution in [0, 0.1) is 0 Å². The van der Waals surface area contributed by atoms with Crippen LogP contribution in [0.1, 0.15) is 48.7 Å². The Labute approximate surface area is 163 Å². The molecule has 6 heteroatoms. The molecule has 0 aliphatic heterocycles. The Morgan fingerprint density at radius 1 is 1.07 bits per heavy atom. The molecule has 0 fully saturated rings. The quantitative estimate of drug-likeness (QED) is 0.660. The van der Waals surface area contributed by atoms with Crippen molar-refractivity contribution in [2.75, 3.05) is 5.73 Å². The first-order chi connectivity index (χ1) is 13.2. The van der Waals surface area contributed by atoms with E-state index < -0.39 is 5.60 Å². The molecule has 1 aromatic heterocycles. The third-order valence-electron chi connectivity index (χ3n) is 4.31. The van der Waals surface area contributed by atoms with Crippen LogP contribution in [0.2, 0.25) is 0 Å². The molecule has 0 aliphatic carbocycles. The van der Waals surface area contributed by atoms with Crippen LogP contribution in [0.15, 0.2) is 47.3 Å². The van der Waals surface area contributed by atoms with E-state index in [1.165, 1.54) is 0 Å². The van der Waals surface area contributed by atoms with E-state index in [1.807, 2.05) is 51.1 Å². The minimum Gasteiger partial charge on any atom is -0.456 e. The number of rotatable bonds is 5. The zero-order chi connectivity index (χ0) is 20.3. The summed E-state index contributed by atoms with van der Waals surface area (Å²) in [6.07, 6.45) is 2.65. The highest BCUT2D eigenvalue weighted by Crippen LogP contribution is 2.16. The molecule has 0 bridgehead atoms. The summed E-state index contributed by atoms with van der Waals surface area (Å²) < 4.78 is 5.37. The van der Waals surface area contributed by atoms with E-state index in [0.29, 0.717) is 16.5 Å². The van der Waals surface area contributed by atoms with Crippen LogP contribution in [0.3, 0.4) is 0 Å². The number of nitrogens with two attached hydrogens (primary N) is 1. The second kappa shape index (κ2) is 7.84. The maximum Gasteiger partial charge on any atom is 0.338 e. The van der Waals surface area contributed by atoms with Crippen molar-refractivity contribution in [3.8, 4) is 0 Å². The lowest BCUT2D eigenvalue weighted by Gasteiger charge is -2.19. The second-order valence-corrected chi connectivity index (χ2v) is 7.86. The SMILES string of the molecule is CC(C)(C)OC(=O)c1ccc(CCCc2ccc3nc(N)[nH]c(=O)c3c2)cc1. The number of carbonyl (C=O) groups is 1. The van der Waals surface area contributed by atoms with Gasteiger partial charge in [0.1, 0.15) is 5.60 Å². The summed E-state index contributed by atoms with van der Waals surface area (Å²) in [4.78, 5) is 30.7. The molecule has 2 aromatic carbocycles. The van der Waals surface area contributed by atoms with Crippen molar-refractivity contribution in [3.05, 3.63) is 69.5 Å². The van der Waals surface area contributed by atoms with Crippen LogP contribution in [0.4, 0.5) is 5.95 Å². The van der Waals surface area contributed by atoms with Gasteiger partial charge in [0.15, 0.2) is 0 Å². The molecule has 6 nitrogen and oxygen atoms in total. The van der Waals surface area contributed by atoms with Gasteiger partial charge in [-0.25, -0.2) is 9.78 Å². The van der Waals surface area contributed by atoms with Crippen molar-refractivity contribution in [2.45, 2.75) is 45.6 Å². The lowest BCUT2D eigenvalue weighted by molar-refractivity contribution is 0.00695. The number of ether oxygens (including phenoxy) is 1. The van der Waals surface area contributed by atoms with E-state index >= 15 is 0 Å². The summed E-state index contributed by atoms with van der Waals surface area (Å²) in [7, 11) is 0. The van der Waals surface area contributed by atoms with Crippen molar-refractivity contribution in [3.63, 3.8) is 0 Å². The molecule has 0 radical (unpaired) electrons. The first-order valence-electron chi connectivity index (χ1n) is 9.32. The number of H-pyrrole nitrogens is 1. The summed E-state index contributed by atoms with van der Waals surface area (Å²) >= 11 is 0. The minimum atomic E-state index is -0.501. The Morgan fingerprint density at radius 3 is 2.39 bits per heavy atom. The van der Waals surface area contributed by atoms with Crippen molar-refractivity contribution >= 4 is 22.8 Å². The molecular formula is C22H25N3O3. The topological polar surface area (TPSA) is 98.1 Å². The monoisotopic (exact) mass is 379 g/mol. The molecule has 3 N–H and O–H groups in total. The highest BCUT2D eigenvalue weighted by atomic mass is 16.6. The standard InChI is InChI=1S/C22H25N3O3/c1-22(2,3)28-20(27)16-10-7-14(8-11-16)5-4-6-15-9-12-18-17(13-15)19(26)25-21(23)24-18/h7-13H,4-6H2,1-3H3,(H3,23,24,25,26). The van der Waals surface area contributed by atoms with Crippen LogP contribution in [-0.2, 0) is 17.6 Å². The summed E-state index contributed by atoms with van der Waals surface area (Å²) in [5, 5.41) is 0.549. The molecule has 3 rings (SSSR count). The first kappa shape index (κ1) is 19.6. The van der Waals surface area contributed by atoms with Crippen molar-refractivity contribution in [2.24, 2.45) is 0 Å². The largest absolute Gasteiger partial charge is 0.456 e. The van der Waals surface area contributed by atoms with E-state index in [-0.39, 0.29) is 17.5 Å². The van der Waals surface area contributed by atoms with E-state index in [1.54, 1.807) is 12.1 Å². The van der Waals surface area contributed by atoms with Crippen LogP contribution in [0.25, 0.3) is 10.9 Å². The molecule has 0 saturated heterocycles. The van der Waals surface area contributed by atoms with Crippen LogP contribution in [-0.4, -0.2) is 21.5 Å². The maximum atomic E-state index is 12.1. The van der Waals surface area contributed by atoms with Gasteiger partial charge in [-0.15, -0.1) is 0 Å². The molecular weight excluding hydrogens is 354 g/mol. The number of anilines is 1. The Morgan fingerprint density at radius 2 is 1.71 bits per heavy atom. The first-order valence-corrected chi connectivity index (χ1v) is 9.32. The molecule has 0 saturated carbocycles. The number of aromatic amines is 1. The van der Waals surface area contributed by atoms with Crippen LogP contribution < -0.4 is 11.3 Å². The van der Waals surface area contributed by atoms with Gasteiger partial charge in [0.05, 0.1) is 16.5 Å². The average molecular weight is 379 g/mol. The predicted octanol–water partition coefficient (Wildman–Crippen LogP) is 3.64. The molecule has 0 aliphatic rings. The third-order valence-corrected chi connectivity index (χ3v) is 4.31. The Kier molecular flexibility index (Phi) is 5.49. The Hall–Kier alpha value is -3.15. The zero-order valence-electron chi connectivity index (χ0n) is 16.4. The Bertz CT molecular complexity index is 1050. The lowest BCUT2D eigenvalue weighted by Crippen LogP contribution is -2.23. The summed E-state index contributed by atoms with van der Waals surface area (Å²) in [5.74, 6) is -0.185. The van der Waals surface area contributed by atoms with Gasteiger partial charge in [-0.05, 0) is 75.4 Å². The number of nitrogens with one attached hydrogen (secondary N) is 1. The van der Waals surface area contributed by atoms with Gasteiger partial charge in [-0.1, -0.05) is 18.2 Å². The van der Waals surface area contributed by atoms with Gasteiger partial charge < -0.3 is 10.5 Å². The Balaban J connectivity index is 1.60. The fourth-order valence-electron chi connectivity index (χ4n) is 3.00. The number of esters is 1. The van der Waals surface area contributed by atoms with Gasteiger partial charge in [0.25, 0.3) is 5.56 Å². The summed E-state index contributed by atoms with van der Waals surface area (Å²) in [5.41, 5.74) is 8.24. The number of aryl methyl sites for hydroxylation is 2. The molecule has 1 heterocycles. The highest BCUT2D eigenvalue weighted by Gasteiger charge is 2.17. The molecule has 0 unspecified atom stereocenters. The maximum absolute atomic E-state index is 12.1. The lowest BCUT2D eigenvalue weighted by atomic mass is 10.0. The molecule has 0 amide bonds. The molecule has 3 aromatic rings. The van der Waals surface area contributed by atoms with Gasteiger partial charge in [0, 0.05) is 0 Å². The van der Waals surface area contributed by atoms with Crippen molar-refractivity contribution in [1.82, 2.24) is 9.97 Å². The smallest absolute Gasteiger partial charge is 0.338 e. The normalized spacial score (nSPS) is 11.5. The number of nitrogen functional groups attached to an aromatic ring is 1. The van der Waals surface area contributed by atoms with E-state index in [9.17, 15) is 9.59 Å². The van der Waals surface area contributed by atoms with Gasteiger partial charge in [0.2, 0.25) is 5.95 Å². The molecule has 0 spiro atoms. The van der Waals surface area contributed by atoms with Crippen LogP contribution in [0.5, 0.6) is 0 Å². The van der Waals surface area contributed by atoms with E-state index in [2.05, 4.69) is 9.97 Å². The number of nitrogens with zero attached hydrogens (tertiary/aromatic N) is 1. The van der Waals surface area contributed by atoms with Gasteiger partial charge in [-0.2, -0.15) is 0 Å². The number of hydrogen-bond acceptors (Lipinski definition) is 5. The van der Waals surface area contributed by atoms with Gasteiger partial charge >= 0.3 is 5.97 Å². The van der Waals surface area contributed by atoms with E-state index in [4.69, 9.17) is 10.5 Å².